The van der Waals surface area contributed by atoms with Crippen LogP contribution in [0.4, 0.5) is 5.69 Å². The number of rotatable bonds is 6. The van der Waals surface area contributed by atoms with Crippen molar-refractivity contribution in [2.24, 2.45) is 0 Å². The van der Waals surface area contributed by atoms with E-state index in [1.54, 1.807) is 12.1 Å². The molecule has 1 aromatic carbocycles. The van der Waals surface area contributed by atoms with Gasteiger partial charge in [0.2, 0.25) is 0 Å². The number of nitrogens with two attached hydrogens (primary N) is 1. The van der Waals surface area contributed by atoms with Crippen molar-refractivity contribution in [3.8, 4) is 0 Å². The maximum Gasteiger partial charge on any atom is 0.335 e. The van der Waals surface area contributed by atoms with Gasteiger partial charge in [0.1, 0.15) is 0 Å². The Kier molecular flexibility index (Phi) is 6.22. The second-order valence-electron chi connectivity index (χ2n) is 5.75. The number of hydrogen-bond acceptors (Lipinski definition) is 2. The zero-order valence-corrected chi connectivity index (χ0v) is 13.4. The fourth-order valence-corrected chi connectivity index (χ4v) is 1.94. The van der Waals surface area contributed by atoms with Crippen LogP contribution in [0.1, 0.15) is 56.5 Å². The molecule has 0 aliphatic rings. The normalized spacial score (nSPS) is 11.3. The van der Waals surface area contributed by atoms with Crippen LogP contribution in [0.15, 0.2) is 41.0 Å². The Morgan fingerprint density at radius 2 is 1.86 bits per heavy atom. The average Bonchev–Trinajstić information content (AvgIpc) is 2.43. The number of carbonyl (C=O) groups is 1. The van der Waals surface area contributed by atoms with E-state index in [2.05, 4.69) is 33.8 Å². The van der Waals surface area contributed by atoms with Crippen LogP contribution in [0.25, 0.3) is 0 Å². The van der Waals surface area contributed by atoms with Crippen molar-refractivity contribution < 1.29 is 9.90 Å². The van der Waals surface area contributed by atoms with Gasteiger partial charge in [-0.3, -0.25) is 0 Å². The number of nitrogen functional groups attached to an aromatic ring is 1. The molecule has 0 saturated carbocycles. The van der Waals surface area contributed by atoms with E-state index in [0.29, 0.717) is 12.1 Å². The molecule has 21 heavy (non-hydrogen) atoms. The first-order valence-electron chi connectivity index (χ1n) is 7.21. The molecule has 3 N–H and O–H groups in total. The highest BCUT2D eigenvalue weighted by Gasteiger charge is 2.06. The number of allylic oxidation sites excluding steroid dienone is 4. The Bertz CT molecular complexity index is 579. The SMILES string of the molecule is CC(C)=C(C)CC/C(C)=C/Cc1cc(C(=O)O)ccc1N. The summed E-state index contributed by atoms with van der Waals surface area (Å²) in [4.78, 5) is 11.0. The minimum atomic E-state index is -0.920. The fraction of sp³-hybridized carbons (Fsp3) is 0.389. The molecule has 0 unspecified atom stereocenters. The molecule has 114 valence electrons. The van der Waals surface area contributed by atoms with Crippen molar-refractivity contribution in [3.05, 3.63) is 52.1 Å². The summed E-state index contributed by atoms with van der Waals surface area (Å²) in [6.07, 6.45) is 4.90. The van der Waals surface area contributed by atoms with Gasteiger partial charge in [0.25, 0.3) is 0 Å². The number of benzene rings is 1. The molecule has 0 fully saturated rings. The molecular formula is C18H25NO2. The molecule has 3 heteroatoms. The van der Waals surface area contributed by atoms with E-state index in [1.165, 1.54) is 22.8 Å². The monoisotopic (exact) mass is 287 g/mol. The number of carboxylic acid groups (broad SMARTS) is 1. The molecular weight excluding hydrogens is 262 g/mol. The van der Waals surface area contributed by atoms with Crippen molar-refractivity contribution in [1.29, 1.82) is 0 Å². The highest BCUT2D eigenvalue weighted by Crippen LogP contribution is 2.18. The third-order valence-electron chi connectivity index (χ3n) is 3.81. The van der Waals surface area contributed by atoms with Crippen LogP contribution >= 0.6 is 0 Å². The van der Waals surface area contributed by atoms with Crippen LogP contribution in [0.2, 0.25) is 0 Å². The van der Waals surface area contributed by atoms with E-state index < -0.39 is 5.97 Å². The van der Waals surface area contributed by atoms with E-state index in [0.717, 1.165) is 18.4 Å². The van der Waals surface area contributed by atoms with Crippen LogP contribution in [0, 0.1) is 0 Å². The summed E-state index contributed by atoms with van der Waals surface area (Å²) < 4.78 is 0. The number of hydrogen-bond donors (Lipinski definition) is 2. The van der Waals surface area contributed by atoms with Crippen LogP contribution in [-0.2, 0) is 6.42 Å². The van der Waals surface area contributed by atoms with Crippen molar-refractivity contribution >= 4 is 11.7 Å². The summed E-state index contributed by atoms with van der Waals surface area (Å²) >= 11 is 0. The van der Waals surface area contributed by atoms with Gasteiger partial charge in [-0.25, -0.2) is 4.79 Å². The maximum atomic E-state index is 11.0. The quantitative estimate of drug-likeness (QED) is 0.594. The van der Waals surface area contributed by atoms with Crippen LogP contribution in [0.5, 0.6) is 0 Å². The van der Waals surface area contributed by atoms with Gasteiger partial charge in [-0.05, 0) is 70.7 Å². The van der Waals surface area contributed by atoms with E-state index in [9.17, 15) is 4.79 Å². The molecule has 0 saturated heterocycles. The largest absolute Gasteiger partial charge is 0.478 e. The Balaban J connectivity index is 2.73. The van der Waals surface area contributed by atoms with Crippen LogP contribution in [-0.4, -0.2) is 11.1 Å². The zero-order valence-electron chi connectivity index (χ0n) is 13.4. The molecule has 3 nitrogen and oxygen atoms in total. The molecule has 0 aromatic heterocycles. The van der Waals surface area contributed by atoms with Crippen LogP contribution < -0.4 is 5.73 Å². The van der Waals surface area contributed by atoms with E-state index in [4.69, 9.17) is 10.8 Å². The minimum Gasteiger partial charge on any atom is -0.478 e. The molecule has 0 spiro atoms. The van der Waals surface area contributed by atoms with Crippen molar-refractivity contribution in [1.82, 2.24) is 0 Å². The predicted molar refractivity (Wildman–Crippen MR) is 88.6 cm³/mol. The molecule has 0 atom stereocenters. The van der Waals surface area contributed by atoms with E-state index in [1.807, 2.05) is 0 Å². The molecule has 1 rings (SSSR count). The fourth-order valence-electron chi connectivity index (χ4n) is 1.94. The van der Waals surface area contributed by atoms with E-state index in [-0.39, 0.29) is 5.56 Å². The Labute approximate surface area is 127 Å². The topological polar surface area (TPSA) is 63.3 Å². The maximum absolute atomic E-state index is 11.0. The van der Waals surface area contributed by atoms with Crippen molar-refractivity contribution in [3.63, 3.8) is 0 Å². The molecule has 0 heterocycles. The molecule has 0 radical (unpaired) electrons. The van der Waals surface area contributed by atoms with Gasteiger partial charge < -0.3 is 10.8 Å². The lowest BCUT2D eigenvalue weighted by atomic mass is 10.0. The van der Waals surface area contributed by atoms with Gasteiger partial charge in [0.15, 0.2) is 0 Å². The average molecular weight is 287 g/mol. The summed E-state index contributed by atoms with van der Waals surface area (Å²) in [5.74, 6) is -0.920. The lowest BCUT2D eigenvalue weighted by Gasteiger charge is -2.07. The molecule has 0 aliphatic heterocycles. The van der Waals surface area contributed by atoms with Gasteiger partial charge in [-0.1, -0.05) is 22.8 Å². The summed E-state index contributed by atoms with van der Waals surface area (Å²) in [6.45, 7) is 8.53. The number of aromatic carboxylic acids is 1. The van der Waals surface area contributed by atoms with Crippen LogP contribution in [0.3, 0.4) is 0 Å². The second-order valence-corrected chi connectivity index (χ2v) is 5.75. The van der Waals surface area contributed by atoms with Gasteiger partial charge in [0, 0.05) is 5.69 Å². The third-order valence-corrected chi connectivity index (χ3v) is 3.81. The zero-order chi connectivity index (χ0) is 16.0. The predicted octanol–water partition coefficient (Wildman–Crippen LogP) is 4.59. The summed E-state index contributed by atoms with van der Waals surface area (Å²) in [7, 11) is 0. The Morgan fingerprint density at radius 1 is 1.19 bits per heavy atom. The lowest BCUT2D eigenvalue weighted by Crippen LogP contribution is -2.00. The lowest BCUT2D eigenvalue weighted by molar-refractivity contribution is 0.0697. The number of anilines is 1. The highest BCUT2D eigenvalue weighted by molar-refractivity contribution is 5.88. The van der Waals surface area contributed by atoms with Crippen molar-refractivity contribution in [2.75, 3.05) is 5.73 Å². The highest BCUT2D eigenvalue weighted by atomic mass is 16.4. The smallest absolute Gasteiger partial charge is 0.335 e. The molecule has 0 amide bonds. The van der Waals surface area contributed by atoms with E-state index >= 15 is 0 Å². The minimum absolute atomic E-state index is 0.283. The molecule has 0 aliphatic carbocycles. The standard InChI is InChI=1S/C18H25NO2/c1-12(2)14(4)7-5-13(3)6-8-15-11-16(18(20)21)9-10-17(15)19/h6,9-11H,5,7-8,19H2,1-4H3,(H,20,21)/b13-6+. The molecule has 0 bridgehead atoms. The van der Waals surface area contributed by atoms with Gasteiger partial charge >= 0.3 is 5.97 Å². The molecule has 1 aromatic rings. The van der Waals surface area contributed by atoms with Gasteiger partial charge in [-0.2, -0.15) is 0 Å². The Morgan fingerprint density at radius 3 is 2.43 bits per heavy atom. The summed E-state index contributed by atoms with van der Waals surface area (Å²) in [5, 5.41) is 9.01. The number of carboxylic acids is 1. The summed E-state index contributed by atoms with van der Waals surface area (Å²) in [5.41, 5.74) is 11.8. The first-order valence-corrected chi connectivity index (χ1v) is 7.21. The summed E-state index contributed by atoms with van der Waals surface area (Å²) in [6, 6.07) is 4.86. The van der Waals surface area contributed by atoms with Gasteiger partial charge in [-0.15, -0.1) is 0 Å². The van der Waals surface area contributed by atoms with Crippen molar-refractivity contribution in [2.45, 2.75) is 47.0 Å². The van der Waals surface area contributed by atoms with Gasteiger partial charge in [0.05, 0.1) is 5.56 Å². The first-order chi connectivity index (χ1) is 9.81. The second kappa shape index (κ2) is 7.67. The Hall–Kier alpha value is -2.03. The third kappa shape index (κ3) is 5.46. The first kappa shape index (κ1) is 17.0.